The SMILES string of the molecule is CCCCCCCCCCCCCCCCCCc1ccccc1OS(=O)(=O)O[C@@H]1O[C@H](CO)[C@@H](O)[C@H](O)[C@H]1O. The molecule has 232 valence electrons. The predicted molar refractivity (Wildman–Crippen MR) is 154 cm³/mol. The van der Waals surface area contributed by atoms with Gasteiger partial charge in [0.1, 0.15) is 30.2 Å². The van der Waals surface area contributed by atoms with E-state index in [1.807, 2.05) is 0 Å². The summed E-state index contributed by atoms with van der Waals surface area (Å²) >= 11 is 0. The fourth-order valence-electron chi connectivity index (χ4n) is 5.05. The lowest BCUT2D eigenvalue weighted by atomic mass is 10.00. The van der Waals surface area contributed by atoms with Crippen LogP contribution in [0.4, 0.5) is 0 Å². The van der Waals surface area contributed by atoms with Gasteiger partial charge in [-0.2, -0.15) is 8.42 Å². The third kappa shape index (κ3) is 13.1. The van der Waals surface area contributed by atoms with Crippen LogP contribution in [0.3, 0.4) is 0 Å². The monoisotopic (exact) mass is 588 g/mol. The van der Waals surface area contributed by atoms with Crippen LogP contribution in [0.5, 0.6) is 5.75 Å². The third-order valence-corrected chi connectivity index (χ3v) is 8.33. The van der Waals surface area contributed by atoms with Crippen LogP contribution in [0.1, 0.15) is 115 Å². The second-order valence-corrected chi connectivity index (χ2v) is 12.1. The summed E-state index contributed by atoms with van der Waals surface area (Å²) in [6, 6.07) is 6.77. The molecular formula is C30H52O9S. The van der Waals surface area contributed by atoms with Crippen LogP contribution in [-0.4, -0.2) is 66.2 Å². The Hall–Kier alpha value is -1.27. The molecule has 1 aliphatic rings. The molecule has 0 aromatic heterocycles. The van der Waals surface area contributed by atoms with Gasteiger partial charge in [0.2, 0.25) is 6.29 Å². The smallest absolute Gasteiger partial charge is 0.394 e. The summed E-state index contributed by atoms with van der Waals surface area (Å²) in [6.07, 6.45) is 12.7. The molecule has 9 nitrogen and oxygen atoms in total. The van der Waals surface area contributed by atoms with E-state index in [1.54, 1.807) is 18.2 Å². The maximum absolute atomic E-state index is 12.5. The summed E-state index contributed by atoms with van der Waals surface area (Å²) in [5.41, 5.74) is 0.717. The Morgan fingerprint density at radius 1 is 0.725 bits per heavy atom. The van der Waals surface area contributed by atoms with E-state index in [1.165, 1.54) is 89.5 Å². The molecular weight excluding hydrogens is 536 g/mol. The Kier molecular flexibility index (Phi) is 17.3. The molecule has 1 saturated heterocycles. The minimum Gasteiger partial charge on any atom is -0.394 e. The number of para-hydroxylation sites is 1. The Balaban J connectivity index is 1.62. The first-order chi connectivity index (χ1) is 19.3. The Morgan fingerprint density at radius 2 is 1.23 bits per heavy atom. The normalized spacial score (nSPS) is 23.4. The number of aliphatic hydroxyl groups is 4. The molecule has 0 aliphatic carbocycles. The minimum atomic E-state index is -4.68. The number of aryl methyl sites for hydroxylation is 1. The minimum absolute atomic E-state index is 0.119. The molecule has 0 amide bonds. The van der Waals surface area contributed by atoms with Crippen molar-refractivity contribution >= 4 is 10.4 Å². The number of hydrogen-bond acceptors (Lipinski definition) is 9. The lowest BCUT2D eigenvalue weighted by molar-refractivity contribution is -0.277. The van der Waals surface area contributed by atoms with E-state index in [0.29, 0.717) is 12.0 Å². The number of benzene rings is 1. The number of unbranched alkanes of at least 4 members (excludes halogenated alkanes) is 15. The van der Waals surface area contributed by atoms with Crippen molar-refractivity contribution in [2.24, 2.45) is 0 Å². The molecule has 0 saturated carbocycles. The Labute approximate surface area is 241 Å². The van der Waals surface area contributed by atoms with Gasteiger partial charge in [0.25, 0.3) is 0 Å². The number of aliphatic hydroxyl groups excluding tert-OH is 4. The zero-order chi connectivity index (χ0) is 29.2. The molecule has 1 aromatic rings. The van der Waals surface area contributed by atoms with Crippen LogP contribution in [0.15, 0.2) is 24.3 Å². The summed E-state index contributed by atoms with van der Waals surface area (Å²) in [4.78, 5) is 0. The highest BCUT2D eigenvalue weighted by atomic mass is 32.3. The van der Waals surface area contributed by atoms with Crippen molar-refractivity contribution in [3.63, 3.8) is 0 Å². The van der Waals surface area contributed by atoms with Gasteiger partial charge >= 0.3 is 10.4 Å². The van der Waals surface area contributed by atoms with Crippen LogP contribution in [0.25, 0.3) is 0 Å². The average molecular weight is 589 g/mol. The summed E-state index contributed by atoms with van der Waals surface area (Å²) < 4.78 is 40.1. The third-order valence-electron chi connectivity index (χ3n) is 7.53. The Bertz CT molecular complexity index is 893. The lowest BCUT2D eigenvalue weighted by Gasteiger charge is -2.38. The first-order valence-electron chi connectivity index (χ1n) is 15.3. The molecule has 0 bridgehead atoms. The molecule has 2 rings (SSSR count). The van der Waals surface area contributed by atoms with E-state index in [-0.39, 0.29) is 5.75 Å². The largest absolute Gasteiger partial charge is 0.451 e. The molecule has 1 fully saturated rings. The number of rotatable bonds is 22. The first kappa shape index (κ1) is 34.9. The zero-order valence-electron chi connectivity index (χ0n) is 24.2. The second-order valence-electron chi connectivity index (χ2n) is 10.9. The van der Waals surface area contributed by atoms with Crippen molar-refractivity contribution in [1.29, 1.82) is 0 Å². The standard InChI is InChI=1S/C30H52O9S/c1-2-3-4-5-6-7-8-9-10-11-12-13-14-15-16-17-20-24-21-18-19-22-25(24)38-40(35,36)39-30-29(34)28(33)27(32)26(23-31)37-30/h18-19,21-22,26-34H,2-17,20,23H2,1H3/t26-,27-,28+,29-,30+/m1/s1. The highest BCUT2D eigenvalue weighted by Crippen LogP contribution is 2.27. The van der Waals surface area contributed by atoms with E-state index in [0.717, 1.165) is 19.3 Å². The van der Waals surface area contributed by atoms with Crippen molar-refractivity contribution < 1.29 is 41.9 Å². The number of hydrogen-bond donors (Lipinski definition) is 4. The molecule has 0 radical (unpaired) electrons. The van der Waals surface area contributed by atoms with Crippen molar-refractivity contribution in [3.8, 4) is 5.75 Å². The van der Waals surface area contributed by atoms with Gasteiger partial charge in [0.15, 0.2) is 0 Å². The van der Waals surface area contributed by atoms with Gasteiger partial charge in [-0.05, 0) is 24.5 Å². The maximum Gasteiger partial charge on any atom is 0.451 e. The molecule has 0 spiro atoms. The fourth-order valence-corrected chi connectivity index (χ4v) is 5.86. The quantitative estimate of drug-likeness (QED) is 0.139. The van der Waals surface area contributed by atoms with Crippen LogP contribution in [0.2, 0.25) is 0 Å². The van der Waals surface area contributed by atoms with Crippen molar-refractivity contribution in [1.82, 2.24) is 0 Å². The van der Waals surface area contributed by atoms with Gasteiger partial charge in [-0.15, -0.1) is 0 Å². The summed E-state index contributed by atoms with van der Waals surface area (Å²) in [7, 11) is -4.68. The van der Waals surface area contributed by atoms with E-state index in [9.17, 15) is 28.8 Å². The van der Waals surface area contributed by atoms with Gasteiger partial charge in [-0.3, -0.25) is 0 Å². The molecule has 10 heteroatoms. The van der Waals surface area contributed by atoms with E-state index < -0.39 is 47.7 Å². The van der Waals surface area contributed by atoms with Crippen LogP contribution < -0.4 is 4.18 Å². The van der Waals surface area contributed by atoms with Gasteiger partial charge in [0, 0.05) is 0 Å². The molecule has 1 aliphatic heterocycles. The number of ether oxygens (including phenoxy) is 1. The van der Waals surface area contributed by atoms with Crippen LogP contribution in [0, 0.1) is 0 Å². The summed E-state index contributed by atoms with van der Waals surface area (Å²) in [5, 5.41) is 39.0. The molecule has 1 aromatic carbocycles. The second kappa shape index (κ2) is 19.8. The molecule has 4 N–H and O–H groups in total. The maximum atomic E-state index is 12.5. The first-order valence-corrected chi connectivity index (χ1v) is 16.6. The molecule has 1 heterocycles. The summed E-state index contributed by atoms with van der Waals surface area (Å²) in [5.74, 6) is 0.119. The van der Waals surface area contributed by atoms with E-state index >= 15 is 0 Å². The molecule has 5 atom stereocenters. The molecule has 40 heavy (non-hydrogen) atoms. The van der Waals surface area contributed by atoms with E-state index in [4.69, 9.17) is 13.1 Å². The summed E-state index contributed by atoms with van der Waals surface area (Å²) in [6.45, 7) is 1.56. The van der Waals surface area contributed by atoms with Crippen molar-refractivity contribution in [3.05, 3.63) is 29.8 Å². The van der Waals surface area contributed by atoms with Gasteiger partial charge in [-0.25, -0.2) is 4.18 Å². The average Bonchev–Trinajstić information content (AvgIpc) is 2.93. The highest BCUT2D eigenvalue weighted by molar-refractivity contribution is 7.82. The predicted octanol–water partition coefficient (Wildman–Crippen LogP) is 4.93. The van der Waals surface area contributed by atoms with Crippen LogP contribution >= 0.6 is 0 Å². The van der Waals surface area contributed by atoms with Gasteiger partial charge < -0.3 is 29.3 Å². The van der Waals surface area contributed by atoms with E-state index in [2.05, 4.69) is 6.92 Å². The topological polar surface area (TPSA) is 143 Å². The highest BCUT2D eigenvalue weighted by Gasteiger charge is 2.46. The Morgan fingerprint density at radius 3 is 1.75 bits per heavy atom. The lowest BCUT2D eigenvalue weighted by Crippen LogP contribution is -2.59. The fraction of sp³-hybridized carbons (Fsp3) is 0.800. The molecule has 0 unspecified atom stereocenters. The zero-order valence-corrected chi connectivity index (χ0v) is 25.0. The van der Waals surface area contributed by atoms with Crippen molar-refractivity contribution in [2.45, 2.75) is 147 Å². The van der Waals surface area contributed by atoms with Gasteiger partial charge in [-0.1, -0.05) is 121 Å². The van der Waals surface area contributed by atoms with Crippen molar-refractivity contribution in [2.75, 3.05) is 6.61 Å². The van der Waals surface area contributed by atoms with Crippen LogP contribution in [-0.2, 0) is 25.7 Å². The van der Waals surface area contributed by atoms with Gasteiger partial charge in [0.05, 0.1) is 6.61 Å².